The number of rotatable bonds is 5. The number of carbonyl (C=O) groups excluding carboxylic acids is 1. The highest BCUT2D eigenvalue weighted by molar-refractivity contribution is 7.89. The molecule has 0 unspecified atom stereocenters. The Morgan fingerprint density at radius 3 is 2.71 bits per heavy atom. The van der Waals surface area contributed by atoms with E-state index in [9.17, 15) is 17.6 Å². The van der Waals surface area contributed by atoms with Crippen LogP contribution < -0.4 is 5.32 Å². The van der Waals surface area contributed by atoms with Crippen LogP contribution in [0, 0.1) is 12.7 Å². The topological polar surface area (TPSA) is 84.3 Å². The first kappa shape index (κ1) is 22.2. The largest absolute Gasteiger partial charge is 0.347 e. The molecule has 5 rings (SSSR count). The van der Waals surface area contributed by atoms with Gasteiger partial charge in [-0.2, -0.15) is 4.31 Å². The van der Waals surface area contributed by atoms with Crippen LogP contribution in [0.3, 0.4) is 0 Å². The summed E-state index contributed by atoms with van der Waals surface area (Å²) in [6.07, 6.45) is 1.72. The van der Waals surface area contributed by atoms with Gasteiger partial charge in [0.25, 0.3) is 5.91 Å². The van der Waals surface area contributed by atoms with Crippen molar-refractivity contribution < 1.29 is 17.6 Å². The lowest BCUT2D eigenvalue weighted by Gasteiger charge is -2.15. The van der Waals surface area contributed by atoms with Gasteiger partial charge in [-0.25, -0.2) is 12.8 Å². The van der Waals surface area contributed by atoms with Gasteiger partial charge in [0.05, 0.1) is 5.52 Å². The molecule has 7 nitrogen and oxygen atoms in total. The van der Waals surface area contributed by atoms with E-state index in [0.29, 0.717) is 11.3 Å². The Balaban J connectivity index is 1.38. The van der Waals surface area contributed by atoms with Crippen LogP contribution in [0.5, 0.6) is 0 Å². The molecule has 34 heavy (non-hydrogen) atoms. The molecule has 1 amide bonds. The number of hydrogen-bond donors (Lipinski definition) is 1. The van der Waals surface area contributed by atoms with Crippen molar-refractivity contribution in [3.8, 4) is 0 Å². The summed E-state index contributed by atoms with van der Waals surface area (Å²) in [6, 6.07) is 15.2. The minimum Gasteiger partial charge on any atom is -0.347 e. The van der Waals surface area contributed by atoms with E-state index in [1.807, 2.05) is 30.3 Å². The number of sulfonamides is 1. The standard InChI is InChI=1S/C25H23FN4O3S/c1-16-24(34(32,33)30-14-18-8-9-20(26)11-19(18)15-30)12-23(29(16)2)25(31)28-13-17-5-3-7-22-21(17)6-4-10-27-22/h3-12H,13-15H2,1-2H3,(H,28,31). The molecule has 0 atom stereocenters. The second-order valence-corrected chi connectivity index (χ2v) is 10.3. The lowest BCUT2D eigenvalue weighted by molar-refractivity contribution is 0.0942. The first-order chi connectivity index (χ1) is 16.3. The van der Waals surface area contributed by atoms with E-state index in [1.165, 1.54) is 22.5 Å². The van der Waals surface area contributed by atoms with Gasteiger partial charge in [0, 0.05) is 44.0 Å². The molecule has 174 valence electrons. The van der Waals surface area contributed by atoms with E-state index < -0.39 is 15.8 Å². The number of amides is 1. The van der Waals surface area contributed by atoms with Crippen LogP contribution in [0.1, 0.15) is 32.9 Å². The van der Waals surface area contributed by atoms with Crippen LogP contribution in [0.15, 0.2) is 65.7 Å². The second-order valence-electron chi connectivity index (χ2n) is 8.39. The monoisotopic (exact) mass is 478 g/mol. The summed E-state index contributed by atoms with van der Waals surface area (Å²) in [4.78, 5) is 17.4. The fourth-order valence-electron chi connectivity index (χ4n) is 4.38. The Morgan fingerprint density at radius 1 is 1.09 bits per heavy atom. The minimum atomic E-state index is -3.88. The van der Waals surface area contributed by atoms with Crippen LogP contribution >= 0.6 is 0 Å². The molecule has 4 aromatic rings. The number of nitrogens with zero attached hydrogens (tertiary/aromatic N) is 3. The molecule has 9 heteroatoms. The molecule has 2 aromatic carbocycles. The smallest absolute Gasteiger partial charge is 0.268 e. The first-order valence-electron chi connectivity index (χ1n) is 10.8. The summed E-state index contributed by atoms with van der Waals surface area (Å²) in [5.74, 6) is -0.769. The van der Waals surface area contributed by atoms with Crippen LogP contribution in [-0.4, -0.2) is 28.2 Å². The molecule has 1 aliphatic heterocycles. The summed E-state index contributed by atoms with van der Waals surface area (Å²) >= 11 is 0. The van der Waals surface area contributed by atoms with Gasteiger partial charge in [0.1, 0.15) is 16.4 Å². The summed E-state index contributed by atoms with van der Waals surface area (Å²) in [7, 11) is -2.21. The van der Waals surface area contributed by atoms with Crippen molar-refractivity contribution >= 4 is 26.8 Å². The molecule has 0 saturated carbocycles. The molecule has 0 fully saturated rings. The molecule has 1 N–H and O–H groups in total. The van der Waals surface area contributed by atoms with Crippen LogP contribution in [0.2, 0.25) is 0 Å². The molecule has 1 aliphatic rings. The van der Waals surface area contributed by atoms with E-state index in [0.717, 1.165) is 22.0 Å². The molecular weight excluding hydrogens is 455 g/mol. The molecule has 3 heterocycles. The fraction of sp³-hybridized carbons (Fsp3) is 0.200. The van der Waals surface area contributed by atoms with E-state index in [1.54, 1.807) is 30.8 Å². The van der Waals surface area contributed by atoms with Gasteiger partial charge in [-0.3, -0.25) is 9.78 Å². The van der Waals surface area contributed by atoms with Crippen molar-refractivity contribution in [1.29, 1.82) is 0 Å². The number of pyridine rings is 1. The van der Waals surface area contributed by atoms with E-state index >= 15 is 0 Å². The third-order valence-corrected chi connectivity index (χ3v) is 8.28. The normalized spacial score (nSPS) is 13.9. The first-order valence-corrected chi connectivity index (χ1v) is 12.2. The van der Waals surface area contributed by atoms with Gasteiger partial charge < -0.3 is 9.88 Å². The quantitative estimate of drug-likeness (QED) is 0.475. The van der Waals surface area contributed by atoms with E-state index in [2.05, 4.69) is 10.3 Å². The lowest BCUT2D eigenvalue weighted by Crippen LogP contribution is -2.26. The minimum absolute atomic E-state index is 0.0720. The van der Waals surface area contributed by atoms with Gasteiger partial charge in [0.2, 0.25) is 10.0 Å². The number of benzene rings is 2. The highest BCUT2D eigenvalue weighted by Crippen LogP contribution is 2.31. The number of halogens is 1. The summed E-state index contributed by atoms with van der Waals surface area (Å²) in [5, 5.41) is 3.84. The number of hydrogen-bond acceptors (Lipinski definition) is 4. The Hall–Kier alpha value is -3.56. The number of carbonyl (C=O) groups is 1. The van der Waals surface area contributed by atoms with Gasteiger partial charge in [-0.05, 0) is 53.9 Å². The van der Waals surface area contributed by atoms with Gasteiger partial charge in [-0.15, -0.1) is 0 Å². The third-order valence-electron chi connectivity index (χ3n) is 6.38. The highest BCUT2D eigenvalue weighted by atomic mass is 32.2. The van der Waals surface area contributed by atoms with Crippen LogP contribution in [-0.2, 0) is 36.7 Å². The van der Waals surface area contributed by atoms with Crippen LogP contribution in [0.25, 0.3) is 10.9 Å². The fourth-order valence-corrected chi connectivity index (χ4v) is 6.05. The molecule has 0 spiro atoms. The van der Waals surface area contributed by atoms with Crippen molar-refractivity contribution in [2.75, 3.05) is 0 Å². The third kappa shape index (κ3) is 3.76. The zero-order chi connectivity index (χ0) is 24.0. The van der Waals surface area contributed by atoms with Crippen LogP contribution in [0.4, 0.5) is 4.39 Å². The zero-order valence-electron chi connectivity index (χ0n) is 18.7. The van der Waals surface area contributed by atoms with E-state index in [-0.39, 0.29) is 36.1 Å². The van der Waals surface area contributed by atoms with Crippen molar-refractivity contribution in [2.45, 2.75) is 31.5 Å². The average molecular weight is 479 g/mol. The highest BCUT2D eigenvalue weighted by Gasteiger charge is 2.34. The Bertz CT molecular complexity index is 1540. The van der Waals surface area contributed by atoms with Crippen molar-refractivity contribution in [3.05, 3.63) is 94.7 Å². The zero-order valence-corrected chi connectivity index (χ0v) is 19.6. The molecular formula is C25H23FN4O3S. The van der Waals surface area contributed by atoms with E-state index in [4.69, 9.17) is 0 Å². The predicted octanol–water partition coefficient (Wildman–Crippen LogP) is 3.66. The van der Waals surface area contributed by atoms with Gasteiger partial charge in [-0.1, -0.05) is 24.3 Å². The maximum atomic E-state index is 13.6. The van der Waals surface area contributed by atoms with Gasteiger partial charge >= 0.3 is 0 Å². The number of aromatic nitrogens is 2. The Kier molecular flexibility index (Phi) is 5.45. The summed E-state index contributed by atoms with van der Waals surface area (Å²) in [6.45, 7) is 2.22. The molecule has 0 saturated heterocycles. The average Bonchev–Trinajstić information content (AvgIpc) is 3.39. The molecule has 0 aliphatic carbocycles. The maximum absolute atomic E-state index is 13.6. The SMILES string of the molecule is Cc1c(S(=O)(=O)N2Cc3ccc(F)cc3C2)cc(C(=O)NCc2cccc3ncccc23)n1C. The van der Waals surface area contributed by atoms with Crippen molar-refractivity contribution in [2.24, 2.45) is 7.05 Å². The van der Waals surface area contributed by atoms with Gasteiger partial charge in [0.15, 0.2) is 0 Å². The number of nitrogens with one attached hydrogen (secondary N) is 1. The number of fused-ring (bicyclic) bond motifs is 2. The maximum Gasteiger partial charge on any atom is 0.268 e. The van der Waals surface area contributed by atoms with Crippen molar-refractivity contribution in [1.82, 2.24) is 19.2 Å². The molecule has 2 aromatic heterocycles. The molecule has 0 bridgehead atoms. The predicted molar refractivity (Wildman–Crippen MR) is 126 cm³/mol. The Labute approximate surface area is 196 Å². The van der Waals surface area contributed by atoms with Crippen molar-refractivity contribution in [3.63, 3.8) is 0 Å². The Morgan fingerprint density at radius 2 is 1.88 bits per heavy atom. The summed E-state index contributed by atoms with van der Waals surface area (Å²) < 4.78 is 43.3. The molecule has 0 radical (unpaired) electrons. The lowest BCUT2D eigenvalue weighted by atomic mass is 10.1. The summed E-state index contributed by atoms with van der Waals surface area (Å²) in [5.41, 5.74) is 3.89. The second kappa shape index (κ2) is 8.34.